The summed E-state index contributed by atoms with van der Waals surface area (Å²) in [6.07, 6.45) is 3.65. The summed E-state index contributed by atoms with van der Waals surface area (Å²) in [5.41, 5.74) is 3.18. The number of rotatable bonds is 3. The van der Waals surface area contributed by atoms with Gasteiger partial charge in [0.1, 0.15) is 12.1 Å². The van der Waals surface area contributed by atoms with E-state index in [-0.39, 0.29) is 5.41 Å². The largest absolute Gasteiger partial charge is 0.356 e. The van der Waals surface area contributed by atoms with Gasteiger partial charge in [0.25, 0.3) is 0 Å². The molecule has 1 aromatic carbocycles. The molecule has 3 aliphatic rings. The van der Waals surface area contributed by atoms with Gasteiger partial charge in [-0.1, -0.05) is 30.3 Å². The predicted octanol–water partition coefficient (Wildman–Crippen LogP) is 2.72. The second-order valence-corrected chi connectivity index (χ2v) is 8.49. The van der Waals surface area contributed by atoms with Gasteiger partial charge in [-0.15, -0.1) is 0 Å². The first-order valence-corrected chi connectivity index (χ1v) is 9.96. The lowest BCUT2D eigenvalue weighted by molar-refractivity contribution is -0.133. The minimum Gasteiger partial charge on any atom is -0.356 e. The molecule has 1 amide bonds. The van der Waals surface area contributed by atoms with Crippen LogP contribution >= 0.6 is 0 Å². The number of hydrogen-bond donors (Lipinski definition) is 0. The zero-order valence-electron chi connectivity index (χ0n) is 16.1. The van der Waals surface area contributed by atoms with Gasteiger partial charge in [-0.3, -0.25) is 4.79 Å². The van der Waals surface area contributed by atoms with Crippen LogP contribution in [0.2, 0.25) is 0 Å². The molecule has 5 rings (SSSR count). The third-order valence-corrected chi connectivity index (χ3v) is 6.87. The van der Waals surface area contributed by atoms with E-state index in [4.69, 9.17) is 0 Å². The molecule has 140 valence electrons. The van der Waals surface area contributed by atoms with Crippen molar-refractivity contribution in [1.82, 2.24) is 14.9 Å². The van der Waals surface area contributed by atoms with Crippen LogP contribution in [0, 0.1) is 25.7 Å². The van der Waals surface area contributed by atoms with E-state index in [1.54, 1.807) is 6.33 Å². The summed E-state index contributed by atoms with van der Waals surface area (Å²) in [7, 11) is 0. The van der Waals surface area contributed by atoms with Gasteiger partial charge < -0.3 is 9.80 Å². The first-order chi connectivity index (χ1) is 13.1. The lowest BCUT2D eigenvalue weighted by Crippen LogP contribution is -2.40. The zero-order valence-corrected chi connectivity index (χ0v) is 16.1. The number of amides is 1. The quantitative estimate of drug-likeness (QED) is 0.842. The number of fused-ring (bicyclic) bond motifs is 1. The number of anilines is 1. The van der Waals surface area contributed by atoms with E-state index in [0.29, 0.717) is 17.7 Å². The van der Waals surface area contributed by atoms with E-state index < -0.39 is 0 Å². The van der Waals surface area contributed by atoms with Gasteiger partial charge >= 0.3 is 0 Å². The molecule has 0 radical (unpaired) electrons. The summed E-state index contributed by atoms with van der Waals surface area (Å²) in [6.45, 7) is 7.89. The number of aromatic nitrogens is 2. The molecule has 0 N–H and O–H groups in total. The van der Waals surface area contributed by atoms with Crippen LogP contribution < -0.4 is 4.90 Å². The van der Waals surface area contributed by atoms with Crippen molar-refractivity contribution in [2.75, 3.05) is 31.1 Å². The lowest BCUT2D eigenvalue weighted by atomic mass is 9.94. The maximum absolute atomic E-state index is 13.3. The third kappa shape index (κ3) is 2.63. The van der Waals surface area contributed by atoms with Crippen molar-refractivity contribution in [1.29, 1.82) is 0 Å². The summed E-state index contributed by atoms with van der Waals surface area (Å²) in [5.74, 6) is 2.52. The molecule has 1 saturated carbocycles. The highest BCUT2D eigenvalue weighted by atomic mass is 16.2. The molecule has 2 aromatic rings. The highest BCUT2D eigenvalue weighted by Gasteiger charge is 2.55. The van der Waals surface area contributed by atoms with Gasteiger partial charge in [-0.25, -0.2) is 9.97 Å². The number of hydrogen-bond acceptors (Lipinski definition) is 4. The summed E-state index contributed by atoms with van der Waals surface area (Å²) < 4.78 is 0. The van der Waals surface area contributed by atoms with Crippen molar-refractivity contribution in [2.45, 2.75) is 32.1 Å². The van der Waals surface area contributed by atoms with Crippen LogP contribution in [-0.2, 0) is 10.2 Å². The normalized spacial score (nSPS) is 25.6. The van der Waals surface area contributed by atoms with Gasteiger partial charge in [0.15, 0.2) is 0 Å². The molecule has 5 nitrogen and oxygen atoms in total. The summed E-state index contributed by atoms with van der Waals surface area (Å²) in [5, 5.41) is 0. The fourth-order valence-electron chi connectivity index (χ4n) is 4.99. The molecule has 0 bridgehead atoms. The van der Waals surface area contributed by atoms with Crippen molar-refractivity contribution in [3.8, 4) is 0 Å². The Balaban J connectivity index is 1.29. The molecule has 2 unspecified atom stereocenters. The van der Waals surface area contributed by atoms with Crippen molar-refractivity contribution >= 4 is 11.7 Å². The minimum absolute atomic E-state index is 0.236. The Bertz CT molecular complexity index is 863. The Kier molecular flexibility index (Phi) is 3.74. The Labute approximate surface area is 160 Å². The van der Waals surface area contributed by atoms with Gasteiger partial charge in [0.2, 0.25) is 5.91 Å². The molecule has 2 atom stereocenters. The van der Waals surface area contributed by atoms with E-state index in [9.17, 15) is 4.79 Å². The predicted molar refractivity (Wildman–Crippen MR) is 105 cm³/mol. The van der Waals surface area contributed by atoms with E-state index in [2.05, 4.69) is 38.8 Å². The van der Waals surface area contributed by atoms with Crippen molar-refractivity contribution < 1.29 is 4.79 Å². The van der Waals surface area contributed by atoms with Gasteiger partial charge in [0, 0.05) is 49.3 Å². The van der Waals surface area contributed by atoms with Crippen LogP contribution in [0.1, 0.15) is 29.7 Å². The number of carbonyl (C=O) groups excluding carboxylic acids is 1. The summed E-state index contributed by atoms with van der Waals surface area (Å²) >= 11 is 0. The lowest BCUT2D eigenvalue weighted by Gasteiger charge is -2.27. The molecule has 3 fully saturated rings. The monoisotopic (exact) mass is 362 g/mol. The van der Waals surface area contributed by atoms with Crippen molar-refractivity contribution in [3.63, 3.8) is 0 Å². The van der Waals surface area contributed by atoms with Gasteiger partial charge in [-0.05, 0) is 32.3 Å². The molecule has 27 heavy (non-hydrogen) atoms. The van der Waals surface area contributed by atoms with Crippen LogP contribution in [-0.4, -0.2) is 47.0 Å². The number of aryl methyl sites for hydroxylation is 1. The average molecular weight is 362 g/mol. The maximum atomic E-state index is 13.3. The molecular weight excluding hydrogens is 336 g/mol. The molecule has 1 aromatic heterocycles. The number of nitrogens with zero attached hydrogens (tertiary/aromatic N) is 4. The van der Waals surface area contributed by atoms with E-state index >= 15 is 0 Å². The van der Waals surface area contributed by atoms with Crippen LogP contribution in [0.5, 0.6) is 0 Å². The first-order valence-electron chi connectivity index (χ1n) is 9.96. The highest BCUT2D eigenvalue weighted by molar-refractivity contribution is 5.91. The molecule has 1 aliphatic carbocycles. The van der Waals surface area contributed by atoms with E-state index in [1.165, 1.54) is 11.1 Å². The summed E-state index contributed by atoms with van der Waals surface area (Å²) in [4.78, 5) is 26.7. The molecule has 2 saturated heterocycles. The number of likely N-dealkylation sites (tertiary alicyclic amines) is 1. The Morgan fingerprint density at radius 3 is 2.30 bits per heavy atom. The second-order valence-electron chi connectivity index (χ2n) is 8.49. The maximum Gasteiger partial charge on any atom is 0.233 e. The van der Waals surface area contributed by atoms with Crippen molar-refractivity contribution in [3.05, 3.63) is 53.5 Å². The molecule has 5 heteroatoms. The fraction of sp³-hybridized carbons (Fsp3) is 0.500. The second kappa shape index (κ2) is 6.04. The number of benzene rings is 1. The van der Waals surface area contributed by atoms with E-state index in [1.807, 2.05) is 25.1 Å². The molecule has 2 aliphatic heterocycles. The molecule has 3 heterocycles. The number of carbonyl (C=O) groups is 1. The Morgan fingerprint density at radius 2 is 1.67 bits per heavy atom. The first kappa shape index (κ1) is 16.7. The van der Waals surface area contributed by atoms with Crippen LogP contribution in [0.25, 0.3) is 0 Å². The highest BCUT2D eigenvalue weighted by Crippen LogP contribution is 2.50. The smallest absolute Gasteiger partial charge is 0.233 e. The van der Waals surface area contributed by atoms with E-state index in [0.717, 1.165) is 50.5 Å². The Hall–Kier alpha value is -2.43. The average Bonchev–Trinajstić information content (AvgIpc) is 3.26. The fourth-order valence-corrected chi connectivity index (χ4v) is 4.99. The third-order valence-electron chi connectivity index (χ3n) is 6.87. The zero-order chi connectivity index (χ0) is 18.6. The van der Waals surface area contributed by atoms with Crippen LogP contribution in [0.15, 0.2) is 36.7 Å². The van der Waals surface area contributed by atoms with Gasteiger partial charge in [-0.2, -0.15) is 0 Å². The van der Waals surface area contributed by atoms with Crippen molar-refractivity contribution in [2.24, 2.45) is 11.8 Å². The Morgan fingerprint density at radius 1 is 1.00 bits per heavy atom. The van der Waals surface area contributed by atoms with Gasteiger partial charge in [0.05, 0.1) is 5.41 Å². The SMILES string of the molecule is Cc1ncnc(N2CC3CN(C(=O)C4(c5ccccc5)CC4)CC3C2)c1C. The molecular formula is C22H26N4O. The summed E-state index contributed by atoms with van der Waals surface area (Å²) in [6, 6.07) is 10.3. The molecule has 0 spiro atoms. The van der Waals surface area contributed by atoms with Crippen LogP contribution in [0.4, 0.5) is 5.82 Å². The minimum atomic E-state index is -0.236. The van der Waals surface area contributed by atoms with Crippen LogP contribution in [0.3, 0.4) is 0 Å². The standard InChI is InChI=1S/C22H26N4O/c1-15-16(2)23-14-24-20(15)25-10-17-12-26(13-18(17)11-25)21(27)22(8-9-22)19-6-4-3-5-7-19/h3-7,14,17-18H,8-13H2,1-2H3. The topological polar surface area (TPSA) is 49.3 Å².